The lowest BCUT2D eigenvalue weighted by Gasteiger charge is -2.03. The summed E-state index contributed by atoms with van der Waals surface area (Å²) in [5.41, 5.74) is 0.867. The van der Waals surface area contributed by atoms with Crippen LogP contribution in [0.3, 0.4) is 0 Å². The Kier molecular flexibility index (Phi) is 2.53. The lowest BCUT2D eigenvalue weighted by atomic mass is 10.1. The molecule has 2 heterocycles. The SMILES string of the molecule is OC(c1ccsc1)c1ccc(Br)o1. The first-order valence-electron chi connectivity index (χ1n) is 3.73. The van der Waals surface area contributed by atoms with Crippen molar-refractivity contribution in [1.82, 2.24) is 0 Å². The van der Waals surface area contributed by atoms with Crippen molar-refractivity contribution in [2.45, 2.75) is 6.10 Å². The van der Waals surface area contributed by atoms with Crippen LogP contribution in [0.2, 0.25) is 0 Å². The number of furan rings is 1. The summed E-state index contributed by atoms with van der Waals surface area (Å²) >= 11 is 4.74. The van der Waals surface area contributed by atoms with Crippen LogP contribution in [-0.2, 0) is 0 Å². The molecule has 0 amide bonds. The molecule has 13 heavy (non-hydrogen) atoms. The zero-order valence-corrected chi connectivity index (χ0v) is 9.01. The van der Waals surface area contributed by atoms with E-state index in [4.69, 9.17) is 4.42 Å². The van der Waals surface area contributed by atoms with E-state index in [0.29, 0.717) is 10.4 Å². The maximum atomic E-state index is 9.79. The van der Waals surface area contributed by atoms with Crippen LogP contribution < -0.4 is 0 Å². The smallest absolute Gasteiger partial charge is 0.169 e. The van der Waals surface area contributed by atoms with Crippen LogP contribution in [-0.4, -0.2) is 5.11 Å². The van der Waals surface area contributed by atoms with Gasteiger partial charge in [-0.05, 0) is 50.5 Å². The highest BCUT2D eigenvalue weighted by molar-refractivity contribution is 9.10. The Balaban J connectivity index is 2.28. The van der Waals surface area contributed by atoms with Gasteiger partial charge in [0.15, 0.2) is 4.67 Å². The maximum Gasteiger partial charge on any atom is 0.169 e. The summed E-state index contributed by atoms with van der Waals surface area (Å²) in [6.45, 7) is 0. The van der Waals surface area contributed by atoms with Crippen molar-refractivity contribution in [2.75, 3.05) is 0 Å². The molecule has 1 N–H and O–H groups in total. The quantitative estimate of drug-likeness (QED) is 0.898. The fourth-order valence-corrected chi connectivity index (χ4v) is 2.07. The van der Waals surface area contributed by atoms with Crippen molar-refractivity contribution in [3.63, 3.8) is 0 Å². The van der Waals surface area contributed by atoms with Crippen LogP contribution in [0, 0.1) is 0 Å². The molecule has 0 saturated heterocycles. The Bertz CT molecular complexity index is 380. The predicted octanol–water partition coefficient (Wildman–Crippen LogP) is 3.19. The minimum absolute atomic E-state index is 0.560. The monoisotopic (exact) mass is 258 g/mol. The molecule has 0 fully saturated rings. The van der Waals surface area contributed by atoms with E-state index in [-0.39, 0.29) is 0 Å². The van der Waals surface area contributed by atoms with Crippen molar-refractivity contribution in [3.8, 4) is 0 Å². The summed E-state index contributed by atoms with van der Waals surface area (Å²) in [6.07, 6.45) is -0.655. The molecule has 2 aromatic rings. The van der Waals surface area contributed by atoms with Gasteiger partial charge >= 0.3 is 0 Å². The second-order valence-electron chi connectivity index (χ2n) is 2.60. The second-order valence-corrected chi connectivity index (χ2v) is 4.16. The van der Waals surface area contributed by atoms with Crippen LogP contribution in [0.1, 0.15) is 17.4 Å². The molecular formula is C9H7BrO2S. The Labute approximate surface area is 87.9 Å². The van der Waals surface area contributed by atoms with Gasteiger partial charge in [0, 0.05) is 0 Å². The van der Waals surface area contributed by atoms with Crippen LogP contribution in [0.5, 0.6) is 0 Å². The third-order valence-electron chi connectivity index (χ3n) is 1.72. The van der Waals surface area contributed by atoms with Crippen LogP contribution in [0.25, 0.3) is 0 Å². The molecule has 0 aliphatic heterocycles. The van der Waals surface area contributed by atoms with E-state index in [1.165, 1.54) is 0 Å². The highest BCUT2D eigenvalue weighted by Crippen LogP contribution is 2.26. The van der Waals surface area contributed by atoms with Crippen molar-refractivity contribution in [3.05, 3.63) is 45.0 Å². The molecule has 0 aliphatic carbocycles. The normalized spacial score (nSPS) is 13.1. The third-order valence-corrected chi connectivity index (χ3v) is 2.85. The summed E-state index contributed by atoms with van der Waals surface area (Å²) in [4.78, 5) is 0. The molecular weight excluding hydrogens is 252 g/mol. The van der Waals surface area contributed by atoms with Gasteiger partial charge in [0.2, 0.25) is 0 Å². The number of hydrogen-bond donors (Lipinski definition) is 1. The topological polar surface area (TPSA) is 33.4 Å². The minimum atomic E-state index is -0.655. The Morgan fingerprint density at radius 3 is 2.77 bits per heavy atom. The standard InChI is InChI=1S/C9H7BrO2S/c10-8-2-1-7(12-8)9(11)6-3-4-13-5-6/h1-5,9,11H. The molecule has 2 rings (SSSR count). The fraction of sp³-hybridized carbons (Fsp3) is 0.111. The van der Waals surface area contributed by atoms with Crippen LogP contribution >= 0.6 is 27.3 Å². The van der Waals surface area contributed by atoms with Crippen molar-refractivity contribution >= 4 is 27.3 Å². The Morgan fingerprint density at radius 1 is 1.38 bits per heavy atom. The van der Waals surface area contributed by atoms with E-state index in [1.54, 1.807) is 23.5 Å². The highest BCUT2D eigenvalue weighted by Gasteiger charge is 2.14. The molecule has 1 unspecified atom stereocenters. The van der Waals surface area contributed by atoms with E-state index >= 15 is 0 Å². The van der Waals surface area contributed by atoms with Gasteiger partial charge < -0.3 is 9.52 Å². The zero-order chi connectivity index (χ0) is 9.26. The number of aliphatic hydroxyl groups excluding tert-OH is 1. The second kappa shape index (κ2) is 3.65. The first-order chi connectivity index (χ1) is 6.27. The first-order valence-corrected chi connectivity index (χ1v) is 5.46. The molecule has 2 aromatic heterocycles. The first kappa shape index (κ1) is 8.99. The van der Waals surface area contributed by atoms with Crippen LogP contribution in [0.15, 0.2) is 38.0 Å². The number of rotatable bonds is 2. The van der Waals surface area contributed by atoms with Crippen molar-refractivity contribution in [2.24, 2.45) is 0 Å². The number of aliphatic hydroxyl groups is 1. The van der Waals surface area contributed by atoms with E-state index in [0.717, 1.165) is 5.56 Å². The Morgan fingerprint density at radius 2 is 2.23 bits per heavy atom. The summed E-state index contributed by atoms with van der Waals surface area (Å²) in [5.74, 6) is 0.560. The van der Waals surface area contributed by atoms with Gasteiger partial charge in [-0.1, -0.05) is 0 Å². The lowest BCUT2D eigenvalue weighted by Crippen LogP contribution is -1.94. The van der Waals surface area contributed by atoms with Crippen molar-refractivity contribution < 1.29 is 9.52 Å². The van der Waals surface area contributed by atoms with Crippen LogP contribution in [0.4, 0.5) is 0 Å². The minimum Gasteiger partial charge on any atom is -0.451 e. The molecule has 0 saturated carbocycles. The number of thiophene rings is 1. The van der Waals surface area contributed by atoms with E-state index in [9.17, 15) is 5.11 Å². The van der Waals surface area contributed by atoms with Gasteiger partial charge in [-0.15, -0.1) is 0 Å². The van der Waals surface area contributed by atoms with E-state index < -0.39 is 6.10 Å². The molecule has 0 bridgehead atoms. The van der Waals surface area contributed by atoms with Gasteiger partial charge in [0.25, 0.3) is 0 Å². The molecule has 4 heteroatoms. The van der Waals surface area contributed by atoms with Gasteiger partial charge in [0.1, 0.15) is 11.9 Å². The molecule has 0 spiro atoms. The van der Waals surface area contributed by atoms with E-state index in [1.807, 2.05) is 16.8 Å². The zero-order valence-electron chi connectivity index (χ0n) is 6.61. The van der Waals surface area contributed by atoms with Crippen molar-refractivity contribution in [1.29, 1.82) is 0 Å². The van der Waals surface area contributed by atoms with Gasteiger partial charge in [-0.3, -0.25) is 0 Å². The number of hydrogen-bond acceptors (Lipinski definition) is 3. The summed E-state index contributed by atoms with van der Waals surface area (Å²) in [5, 5.41) is 13.6. The average Bonchev–Trinajstić information content (AvgIpc) is 2.72. The number of halogens is 1. The average molecular weight is 259 g/mol. The summed E-state index contributed by atoms with van der Waals surface area (Å²) < 4.78 is 5.88. The third kappa shape index (κ3) is 1.85. The lowest BCUT2D eigenvalue weighted by molar-refractivity contribution is 0.188. The Hall–Kier alpha value is -0.580. The molecule has 0 radical (unpaired) electrons. The molecule has 2 nitrogen and oxygen atoms in total. The molecule has 0 aromatic carbocycles. The molecule has 0 aliphatic rings. The maximum absolute atomic E-state index is 9.79. The molecule has 68 valence electrons. The summed E-state index contributed by atoms with van der Waals surface area (Å²) in [7, 11) is 0. The summed E-state index contributed by atoms with van der Waals surface area (Å²) in [6, 6.07) is 5.41. The predicted molar refractivity (Wildman–Crippen MR) is 54.8 cm³/mol. The van der Waals surface area contributed by atoms with Gasteiger partial charge in [-0.25, -0.2) is 0 Å². The highest BCUT2D eigenvalue weighted by atomic mass is 79.9. The largest absolute Gasteiger partial charge is 0.451 e. The molecule has 1 atom stereocenters. The van der Waals surface area contributed by atoms with Gasteiger partial charge in [-0.2, -0.15) is 11.3 Å². The fourth-order valence-electron chi connectivity index (χ4n) is 1.07. The van der Waals surface area contributed by atoms with E-state index in [2.05, 4.69) is 15.9 Å². The van der Waals surface area contributed by atoms with Gasteiger partial charge in [0.05, 0.1) is 0 Å².